The molecule has 18 heavy (non-hydrogen) atoms. The summed E-state index contributed by atoms with van der Waals surface area (Å²) >= 11 is 5.80. The number of hydrogen-bond acceptors (Lipinski definition) is 1. The van der Waals surface area contributed by atoms with Crippen molar-refractivity contribution >= 4 is 11.6 Å². The average molecular weight is 278 g/mol. The van der Waals surface area contributed by atoms with Gasteiger partial charge in [0.1, 0.15) is 0 Å². The number of hydrogen-bond donors (Lipinski definition) is 1. The van der Waals surface area contributed by atoms with Crippen molar-refractivity contribution in [3.63, 3.8) is 0 Å². The molecule has 1 saturated carbocycles. The summed E-state index contributed by atoms with van der Waals surface area (Å²) in [6, 6.07) is 3.72. The summed E-state index contributed by atoms with van der Waals surface area (Å²) in [5.41, 5.74) is 5.05. The van der Waals surface area contributed by atoms with Gasteiger partial charge in [-0.3, -0.25) is 0 Å². The maximum absolute atomic E-state index is 12.8. The van der Waals surface area contributed by atoms with Crippen LogP contribution in [0, 0.1) is 0 Å². The van der Waals surface area contributed by atoms with Crippen LogP contribution in [0.4, 0.5) is 13.2 Å². The molecule has 1 fully saturated rings. The van der Waals surface area contributed by atoms with Crippen molar-refractivity contribution < 1.29 is 13.2 Å². The second-order valence-electron chi connectivity index (χ2n) is 5.53. The quantitative estimate of drug-likeness (QED) is 0.864. The van der Waals surface area contributed by atoms with E-state index in [0.29, 0.717) is 5.56 Å². The molecule has 1 aliphatic carbocycles. The Labute approximate surface area is 109 Å². The lowest BCUT2D eigenvalue weighted by atomic mass is 9.79. The molecule has 2 N–H and O–H groups in total. The van der Waals surface area contributed by atoms with Gasteiger partial charge >= 0.3 is 6.18 Å². The highest BCUT2D eigenvalue weighted by molar-refractivity contribution is 6.30. The fourth-order valence-electron chi connectivity index (χ4n) is 2.46. The third-order valence-corrected chi connectivity index (χ3v) is 3.98. The van der Waals surface area contributed by atoms with Crippen molar-refractivity contribution in [1.82, 2.24) is 0 Å². The molecule has 0 amide bonds. The van der Waals surface area contributed by atoms with Crippen LogP contribution in [0.1, 0.15) is 37.8 Å². The molecule has 0 bridgehead atoms. The first-order chi connectivity index (χ1) is 8.06. The molecule has 0 heterocycles. The monoisotopic (exact) mass is 277 g/mol. The van der Waals surface area contributed by atoms with E-state index in [-0.39, 0.29) is 10.4 Å². The Morgan fingerprint density at radius 2 is 1.72 bits per heavy atom. The lowest BCUT2D eigenvalue weighted by Gasteiger charge is -2.31. The first kappa shape index (κ1) is 13.7. The van der Waals surface area contributed by atoms with E-state index >= 15 is 0 Å². The fourth-order valence-corrected chi connectivity index (χ4v) is 2.69. The molecular formula is C13H15ClF3N. The summed E-state index contributed by atoms with van der Waals surface area (Å²) in [5.74, 6) is 0. The predicted octanol–water partition coefficient (Wildman–Crippen LogP) is 4.13. The van der Waals surface area contributed by atoms with Crippen LogP contribution < -0.4 is 5.73 Å². The molecule has 1 aromatic carbocycles. The van der Waals surface area contributed by atoms with E-state index in [9.17, 15) is 13.2 Å². The second-order valence-corrected chi connectivity index (χ2v) is 5.97. The molecule has 100 valence electrons. The third kappa shape index (κ3) is 2.24. The maximum atomic E-state index is 12.8. The molecule has 1 nitrogen and oxygen atoms in total. The standard InChI is InChI=1S/C13H15ClF3N/c1-11(2,18)12(3-4-12)8-5-9(13(15,16)17)7-10(14)6-8/h5-7H,3-4,18H2,1-2H3. The van der Waals surface area contributed by atoms with Gasteiger partial charge < -0.3 is 5.73 Å². The van der Waals surface area contributed by atoms with Crippen LogP contribution >= 0.6 is 11.6 Å². The van der Waals surface area contributed by atoms with Crippen LogP contribution in [0.2, 0.25) is 5.02 Å². The number of rotatable bonds is 2. The minimum absolute atomic E-state index is 0.107. The smallest absolute Gasteiger partial charge is 0.325 e. The van der Waals surface area contributed by atoms with Crippen LogP contribution in [0.25, 0.3) is 0 Å². The Morgan fingerprint density at radius 1 is 1.17 bits per heavy atom. The van der Waals surface area contributed by atoms with Gasteiger partial charge in [-0.05, 0) is 50.5 Å². The van der Waals surface area contributed by atoms with Crippen molar-refractivity contribution in [1.29, 1.82) is 0 Å². The number of alkyl halides is 3. The summed E-state index contributed by atoms with van der Waals surface area (Å²) in [6.07, 6.45) is -2.78. The number of nitrogens with two attached hydrogens (primary N) is 1. The second kappa shape index (κ2) is 3.87. The Kier molecular flexibility index (Phi) is 2.95. The Morgan fingerprint density at radius 3 is 2.11 bits per heavy atom. The first-order valence-electron chi connectivity index (χ1n) is 5.73. The van der Waals surface area contributed by atoms with Crippen LogP contribution in [0.5, 0.6) is 0 Å². The fraction of sp³-hybridized carbons (Fsp3) is 0.538. The molecule has 1 aromatic rings. The lowest BCUT2D eigenvalue weighted by Crippen LogP contribution is -2.45. The third-order valence-electron chi connectivity index (χ3n) is 3.76. The number of benzene rings is 1. The van der Waals surface area contributed by atoms with Gasteiger partial charge in [-0.2, -0.15) is 13.2 Å². The largest absolute Gasteiger partial charge is 0.416 e. The zero-order valence-corrected chi connectivity index (χ0v) is 11.0. The summed E-state index contributed by atoms with van der Waals surface area (Å²) < 4.78 is 38.3. The van der Waals surface area contributed by atoms with Gasteiger partial charge in [0.15, 0.2) is 0 Å². The summed E-state index contributed by atoms with van der Waals surface area (Å²) in [7, 11) is 0. The van der Waals surface area contributed by atoms with E-state index in [1.165, 1.54) is 6.07 Å². The van der Waals surface area contributed by atoms with Crippen molar-refractivity contribution in [2.45, 2.75) is 43.8 Å². The number of halogens is 4. The minimum Gasteiger partial charge on any atom is -0.325 e. The zero-order valence-electron chi connectivity index (χ0n) is 10.2. The van der Waals surface area contributed by atoms with Crippen LogP contribution in [0.3, 0.4) is 0 Å². The van der Waals surface area contributed by atoms with E-state index < -0.39 is 17.3 Å². The highest BCUT2D eigenvalue weighted by Crippen LogP contribution is 2.55. The van der Waals surface area contributed by atoms with E-state index in [2.05, 4.69) is 0 Å². The van der Waals surface area contributed by atoms with Gasteiger partial charge in [0.2, 0.25) is 0 Å². The van der Waals surface area contributed by atoms with Gasteiger partial charge in [0, 0.05) is 16.0 Å². The highest BCUT2D eigenvalue weighted by Gasteiger charge is 2.54. The van der Waals surface area contributed by atoms with E-state index in [4.69, 9.17) is 17.3 Å². The van der Waals surface area contributed by atoms with Gasteiger partial charge in [-0.25, -0.2) is 0 Å². The van der Waals surface area contributed by atoms with Gasteiger partial charge in [0.25, 0.3) is 0 Å². The van der Waals surface area contributed by atoms with E-state index in [1.54, 1.807) is 6.07 Å². The van der Waals surface area contributed by atoms with Crippen molar-refractivity contribution in [3.8, 4) is 0 Å². The summed E-state index contributed by atoms with van der Waals surface area (Å²) in [5, 5.41) is 0.107. The van der Waals surface area contributed by atoms with Gasteiger partial charge in [-0.1, -0.05) is 11.6 Å². The van der Waals surface area contributed by atoms with Gasteiger partial charge in [0.05, 0.1) is 5.56 Å². The topological polar surface area (TPSA) is 26.0 Å². The van der Waals surface area contributed by atoms with Crippen molar-refractivity contribution in [2.24, 2.45) is 5.73 Å². The average Bonchev–Trinajstić information content (AvgIpc) is 2.94. The highest BCUT2D eigenvalue weighted by atomic mass is 35.5. The Balaban J connectivity index is 2.51. The van der Waals surface area contributed by atoms with Crippen LogP contribution in [-0.2, 0) is 11.6 Å². The zero-order chi connectivity index (χ0) is 13.8. The molecule has 0 saturated heterocycles. The van der Waals surface area contributed by atoms with E-state index in [0.717, 1.165) is 18.9 Å². The molecule has 0 aliphatic heterocycles. The Bertz CT molecular complexity index is 470. The summed E-state index contributed by atoms with van der Waals surface area (Å²) in [6.45, 7) is 3.68. The molecule has 5 heteroatoms. The molecule has 0 radical (unpaired) electrons. The molecule has 0 atom stereocenters. The molecule has 2 rings (SSSR count). The van der Waals surface area contributed by atoms with Crippen LogP contribution in [-0.4, -0.2) is 5.54 Å². The minimum atomic E-state index is -4.38. The van der Waals surface area contributed by atoms with Crippen LogP contribution in [0.15, 0.2) is 18.2 Å². The van der Waals surface area contributed by atoms with Crippen molar-refractivity contribution in [3.05, 3.63) is 34.3 Å². The SMILES string of the molecule is CC(C)(N)C1(c2cc(Cl)cc(C(F)(F)F)c2)CC1. The molecule has 0 aromatic heterocycles. The maximum Gasteiger partial charge on any atom is 0.416 e. The molecule has 0 spiro atoms. The molecule has 1 aliphatic rings. The van der Waals surface area contributed by atoms with Gasteiger partial charge in [-0.15, -0.1) is 0 Å². The molecule has 0 unspecified atom stereocenters. The van der Waals surface area contributed by atoms with Crippen molar-refractivity contribution in [2.75, 3.05) is 0 Å². The Hall–Kier alpha value is -0.740. The lowest BCUT2D eigenvalue weighted by molar-refractivity contribution is -0.137. The first-order valence-corrected chi connectivity index (χ1v) is 6.11. The normalized spacial score (nSPS) is 18.8. The molecular weight excluding hydrogens is 263 g/mol. The van der Waals surface area contributed by atoms with E-state index in [1.807, 2.05) is 13.8 Å². The predicted molar refractivity (Wildman–Crippen MR) is 65.6 cm³/mol. The summed E-state index contributed by atoms with van der Waals surface area (Å²) in [4.78, 5) is 0.